The van der Waals surface area contributed by atoms with Crippen LogP contribution in [0, 0.1) is 0 Å². The van der Waals surface area contributed by atoms with Crippen molar-refractivity contribution >= 4 is 23.5 Å². The van der Waals surface area contributed by atoms with E-state index >= 15 is 0 Å². The van der Waals surface area contributed by atoms with E-state index in [4.69, 9.17) is 4.42 Å². The number of piperidine rings is 1. The van der Waals surface area contributed by atoms with Gasteiger partial charge < -0.3 is 20.2 Å². The molecule has 1 saturated heterocycles. The van der Waals surface area contributed by atoms with Crippen LogP contribution in [0.2, 0.25) is 0 Å². The molecule has 1 fully saturated rings. The molecule has 1 unspecified atom stereocenters. The maximum atomic E-state index is 12.2. The van der Waals surface area contributed by atoms with E-state index in [1.807, 2.05) is 36.4 Å². The van der Waals surface area contributed by atoms with E-state index in [1.165, 1.54) is 19.3 Å². The van der Waals surface area contributed by atoms with Crippen LogP contribution in [0.3, 0.4) is 0 Å². The Labute approximate surface area is 198 Å². The molecule has 1 aliphatic heterocycles. The number of aromatic nitrogens is 1. The summed E-state index contributed by atoms with van der Waals surface area (Å²) in [4.78, 5) is 19.0. The van der Waals surface area contributed by atoms with E-state index in [0.29, 0.717) is 24.0 Å². The van der Waals surface area contributed by atoms with Gasteiger partial charge in [0.15, 0.2) is 5.76 Å². The van der Waals surface area contributed by atoms with Crippen LogP contribution in [-0.4, -0.2) is 46.5 Å². The van der Waals surface area contributed by atoms with Gasteiger partial charge in [0.25, 0.3) is 0 Å². The van der Waals surface area contributed by atoms with Gasteiger partial charge >= 0.3 is 6.03 Å². The van der Waals surface area contributed by atoms with Gasteiger partial charge in [-0.25, -0.2) is 9.78 Å². The average Bonchev–Trinajstić information content (AvgIpc) is 3.33. The number of urea groups is 1. The van der Waals surface area contributed by atoms with Crippen molar-refractivity contribution in [2.24, 2.45) is 0 Å². The van der Waals surface area contributed by atoms with Crippen molar-refractivity contribution in [3.8, 4) is 17.1 Å². The van der Waals surface area contributed by atoms with Crippen molar-refractivity contribution < 1.29 is 14.3 Å². The number of phenolic OH excluding ortho intramolecular Hbond substituents is 1. The zero-order valence-corrected chi connectivity index (χ0v) is 19.6. The number of carbonyl (C=O) groups is 1. The maximum Gasteiger partial charge on any atom is 0.320 e. The number of amides is 2. The fraction of sp³-hybridized carbons (Fsp3) is 0.360. The molecule has 0 radical (unpaired) electrons. The first-order valence-electron chi connectivity index (χ1n) is 11.4. The highest BCUT2D eigenvalue weighted by atomic mass is 32.2. The summed E-state index contributed by atoms with van der Waals surface area (Å²) in [5.41, 5.74) is 2.36. The first-order chi connectivity index (χ1) is 16.1. The van der Waals surface area contributed by atoms with E-state index in [-0.39, 0.29) is 17.0 Å². The summed E-state index contributed by atoms with van der Waals surface area (Å²) >= 11 is 1.66. The molecule has 2 heterocycles. The van der Waals surface area contributed by atoms with Crippen LogP contribution >= 0.6 is 11.8 Å². The molecule has 8 heteroatoms. The van der Waals surface area contributed by atoms with E-state index in [0.717, 1.165) is 30.0 Å². The highest BCUT2D eigenvalue weighted by molar-refractivity contribution is 7.99. The molecule has 1 atom stereocenters. The molecule has 1 aliphatic rings. The van der Waals surface area contributed by atoms with Crippen LogP contribution in [-0.2, 0) is 0 Å². The van der Waals surface area contributed by atoms with Gasteiger partial charge in [-0.2, -0.15) is 0 Å². The molecule has 2 aromatic carbocycles. The molecule has 0 bridgehead atoms. The number of nitrogens with one attached hydrogen (secondary N) is 2. The summed E-state index contributed by atoms with van der Waals surface area (Å²) in [6.07, 6.45) is 5.36. The largest absolute Gasteiger partial charge is 0.508 e. The van der Waals surface area contributed by atoms with Crippen molar-refractivity contribution in [2.45, 2.75) is 31.4 Å². The second-order valence-corrected chi connectivity index (χ2v) is 9.38. The van der Waals surface area contributed by atoms with Crippen LogP contribution in [0.5, 0.6) is 5.75 Å². The van der Waals surface area contributed by atoms with Crippen LogP contribution in [0.1, 0.15) is 42.9 Å². The van der Waals surface area contributed by atoms with Gasteiger partial charge in [-0.3, -0.25) is 4.90 Å². The number of nitrogens with zero attached hydrogens (tertiary/aromatic N) is 2. The fourth-order valence-electron chi connectivity index (χ4n) is 3.91. The molecule has 33 heavy (non-hydrogen) atoms. The Morgan fingerprint density at radius 1 is 1.15 bits per heavy atom. The molecular weight excluding hydrogens is 436 g/mol. The third-order valence-electron chi connectivity index (χ3n) is 5.64. The first kappa shape index (κ1) is 23.2. The van der Waals surface area contributed by atoms with E-state index < -0.39 is 0 Å². The second kappa shape index (κ2) is 11.2. The molecule has 3 aromatic rings. The fourth-order valence-corrected chi connectivity index (χ4v) is 4.87. The molecule has 0 saturated carbocycles. The van der Waals surface area contributed by atoms with Gasteiger partial charge in [0, 0.05) is 16.8 Å². The lowest BCUT2D eigenvalue weighted by Gasteiger charge is -2.26. The van der Waals surface area contributed by atoms with E-state index in [9.17, 15) is 9.90 Å². The van der Waals surface area contributed by atoms with Crippen molar-refractivity contribution in [3.63, 3.8) is 0 Å². The number of benzene rings is 2. The number of thioether (sulfide) groups is 1. The van der Waals surface area contributed by atoms with Gasteiger partial charge in [0.2, 0.25) is 5.89 Å². The lowest BCUT2D eigenvalue weighted by atomic mass is 10.1. The molecule has 0 aliphatic carbocycles. The predicted octanol–water partition coefficient (Wildman–Crippen LogP) is 5.45. The van der Waals surface area contributed by atoms with Gasteiger partial charge in [0.05, 0.1) is 12.9 Å². The summed E-state index contributed by atoms with van der Waals surface area (Å²) in [5.74, 6) is 2.29. The minimum Gasteiger partial charge on any atom is -0.508 e. The van der Waals surface area contributed by atoms with Crippen molar-refractivity contribution in [3.05, 3.63) is 66.2 Å². The number of hydrogen-bond acceptors (Lipinski definition) is 6. The Kier molecular flexibility index (Phi) is 7.91. The predicted molar refractivity (Wildman–Crippen MR) is 132 cm³/mol. The lowest BCUT2D eigenvalue weighted by molar-refractivity contribution is 0.207. The van der Waals surface area contributed by atoms with Crippen LogP contribution < -0.4 is 10.6 Å². The van der Waals surface area contributed by atoms with Crippen molar-refractivity contribution in [1.82, 2.24) is 15.2 Å². The maximum absolute atomic E-state index is 12.2. The Hall–Kier alpha value is -2.97. The Morgan fingerprint density at radius 3 is 2.64 bits per heavy atom. The van der Waals surface area contributed by atoms with Gasteiger partial charge in [-0.15, -0.1) is 11.8 Å². The number of hydrogen-bond donors (Lipinski definition) is 3. The van der Waals surface area contributed by atoms with Crippen LogP contribution in [0.25, 0.3) is 11.3 Å². The summed E-state index contributed by atoms with van der Waals surface area (Å²) in [6.45, 7) is 4.71. The number of para-hydroxylation sites is 1. The smallest absolute Gasteiger partial charge is 0.320 e. The average molecular weight is 467 g/mol. The van der Waals surface area contributed by atoms with Crippen LogP contribution in [0.15, 0.2) is 59.1 Å². The molecule has 7 nitrogen and oxygen atoms in total. The van der Waals surface area contributed by atoms with E-state index in [1.54, 1.807) is 30.1 Å². The lowest BCUT2D eigenvalue weighted by Crippen LogP contribution is -2.41. The van der Waals surface area contributed by atoms with Gasteiger partial charge in [-0.05, 0) is 62.0 Å². The summed E-state index contributed by atoms with van der Waals surface area (Å²) in [6, 6.07) is 14.5. The molecular formula is C25H30N4O3S. The summed E-state index contributed by atoms with van der Waals surface area (Å²) < 4.78 is 6.07. The number of likely N-dealkylation sites (tertiary alicyclic amines) is 1. The summed E-state index contributed by atoms with van der Waals surface area (Å²) in [5, 5.41) is 15.9. The van der Waals surface area contributed by atoms with Crippen molar-refractivity contribution in [2.75, 3.05) is 30.8 Å². The normalized spacial score (nSPS) is 15.2. The third-order valence-corrected chi connectivity index (χ3v) is 6.76. The topological polar surface area (TPSA) is 90.6 Å². The molecule has 1 aromatic heterocycles. The van der Waals surface area contributed by atoms with Crippen LogP contribution in [0.4, 0.5) is 10.5 Å². The number of phenols is 1. The Bertz CT molecular complexity index is 1050. The molecule has 0 spiro atoms. The second-order valence-electron chi connectivity index (χ2n) is 8.00. The quantitative estimate of drug-likeness (QED) is 0.409. The minimum absolute atomic E-state index is 0.186. The number of aromatic hydroxyl groups is 1. The Balaban J connectivity index is 1.39. The number of carbonyl (C=O) groups excluding carboxylic acids is 1. The zero-order chi connectivity index (χ0) is 23.0. The standard InChI is InChI=1S/C25H30N4O3S/c1-2-33-23(20-8-4-5-9-21(20)30)24-26-16-22(32-24)18-10-12-19(13-11-18)28-25(31)27-17-29-14-6-3-7-15-29/h4-5,8-13,16,23,30H,2-3,6-7,14-15,17H2,1H3,(H2,27,28,31). The third kappa shape index (κ3) is 6.09. The van der Waals surface area contributed by atoms with Gasteiger partial charge in [0.1, 0.15) is 11.0 Å². The monoisotopic (exact) mass is 466 g/mol. The van der Waals surface area contributed by atoms with E-state index in [2.05, 4.69) is 27.4 Å². The van der Waals surface area contributed by atoms with Gasteiger partial charge in [-0.1, -0.05) is 31.5 Å². The Morgan fingerprint density at radius 2 is 1.91 bits per heavy atom. The SMILES string of the molecule is CCSC(c1ncc(-c2ccc(NC(=O)NCN3CCCCC3)cc2)o1)c1ccccc1O. The summed E-state index contributed by atoms with van der Waals surface area (Å²) in [7, 11) is 0. The van der Waals surface area contributed by atoms with Crippen molar-refractivity contribution in [1.29, 1.82) is 0 Å². The number of rotatable bonds is 8. The highest BCUT2D eigenvalue weighted by Gasteiger charge is 2.23. The highest BCUT2D eigenvalue weighted by Crippen LogP contribution is 2.40. The number of oxazole rings is 1. The zero-order valence-electron chi connectivity index (χ0n) is 18.8. The molecule has 3 N–H and O–H groups in total. The molecule has 4 rings (SSSR count). The molecule has 2 amide bonds. The molecule has 174 valence electrons. The first-order valence-corrected chi connectivity index (χ1v) is 12.4. The number of anilines is 1. The minimum atomic E-state index is -0.211.